The normalized spacial score (nSPS) is 11.3. The fourth-order valence-electron chi connectivity index (χ4n) is 3.48. The summed E-state index contributed by atoms with van der Waals surface area (Å²) >= 11 is 0. The predicted octanol–water partition coefficient (Wildman–Crippen LogP) is 4.53. The maximum atomic E-state index is 11.9. The molecule has 0 aliphatic rings. The van der Waals surface area contributed by atoms with Gasteiger partial charge in [-0.25, -0.2) is 4.98 Å². The van der Waals surface area contributed by atoms with Crippen LogP contribution in [0.4, 0.5) is 5.82 Å². The Morgan fingerprint density at radius 3 is 2.48 bits per heavy atom. The quantitative estimate of drug-likeness (QED) is 0.496. The van der Waals surface area contributed by atoms with Gasteiger partial charge >= 0.3 is 5.97 Å². The number of aliphatic carboxylic acids is 1. The molecule has 6 nitrogen and oxygen atoms in total. The molecule has 0 radical (unpaired) electrons. The number of aryl methyl sites for hydroxylation is 1. The SMILES string of the molecule is COc1c(CO)cc(-c2ccc(NCc3cccc(C)c3)nc2)cc1C(C)(C)C(=O)O. The molecule has 2 aromatic carbocycles. The minimum Gasteiger partial charge on any atom is -0.496 e. The van der Waals surface area contributed by atoms with Gasteiger partial charge in [-0.2, -0.15) is 0 Å². The first-order chi connectivity index (χ1) is 14.8. The zero-order valence-corrected chi connectivity index (χ0v) is 18.3. The van der Waals surface area contributed by atoms with Gasteiger partial charge in [-0.1, -0.05) is 29.8 Å². The van der Waals surface area contributed by atoms with E-state index in [-0.39, 0.29) is 6.61 Å². The van der Waals surface area contributed by atoms with Crippen molar-refractivity contribution in [2.75, 3.05) is 12.4 Å². The van der Waals surface area contributed by atoms with Gasteiger partial charge in [0.2, 0.25) is 0 Å². The number of hydrogen-bond acceptors (Lipinski definition) is 5. The molecule has 0 atom stereocenters. The number of benzene rings is 2. The molecule has 0 spiro atoms. The van der Waals surface area contributed by atoms with Gasteiger partial charge < -0.3 is 20.3 Å². The van der Waals surface area contributed by atoms with Crippen LogP contribution < -0.4 is 10.1 Å². The third-order valence-electron chi connectivity index (χ3n) is 5.40. The number of carboxylic acid groups (broad SMARTS) is 1. The van der Waals surface area contributed by atoms with Crippen LogP contribution in [0, 0.1) is 6.92 Å². The highest BCUT2D eigenvalue weighted by Gasteiger charge is 2.34. The molecule has 0 aliphatic heterocycles. The maximum Gasteiger partial charge on any atom is 0.313 e. The molecule has 0 saturated carbocycles. The van der Waals surface area contributed by atoms with E-state index in [2.05, 4.69) is 35.4 Å². The van der Waals surface area contributed by atoms with E-state index in [4.69, 9.17) is 4.74 Å². The van der Waals surface area contributed by atoms with Crippen molar-refractivity contribution in [1.29, 1.82) is 0 Å². The summed E-state index contributed by atoms with van der Waals surface area (Å²) in [5, 5.41) is 22.9. The standard InChI is InChI=1S/C25H28N2O4/c1-16-6-5-7-17(10-16)13-26-22-9-8-18(14-27-22)19-11-20(15-28)23(31-4)21(12-19)25(2,3)24(29)30/h5-12,14,28H,13,15H2,1-4H3,(H,26,27)(H,29,30). The predicted molar refractivity (Wildman–Crippen MR) is 121 cm³/mol. The number of anilines is 1. The van der Waals surface area contributed by atoms with Gasteiger partial charge in [0, 0.05) is 29.4 Å². The number of nitrogens with one attached hydrogen (secondary N) is 1. The van der Waals surface area contributed by atoms with Crippen LogP contribution in [0.2, 0.25) is 0 Å². The number of carbonyl (C=O) groups is 1. The van der Waals surface area contributed by atoms with Gasteiger partial charge in [0.05, 0.1) is 19.1 Å². The Balaban J connectivity index is 1.90. The van der Waals surface area contributed by atoms with Crippen LogP contribution in [-0.4, -0.2) is 28.3 Å². The highest BCUT2D eigenvalue weighted by molar-refractivity contribution is 5.83. The molecule has 0 saturated heterocycles. The Labute approximate surface area is 182 Å². The zero-order chi connectivity index (χ0) is 22.6. The van der Waals surface area contributed by atoms with E-state index in [1.807, 2.05) is 18.2 Å². The number of aliphatic hydroxyl groups excluding tert-OH is 1. The lowest BCUT2D eigenvalue weighted by molar-refractivity contribution is -0.142. The first-order valence-electron chi connectivity index (χ1n) is 10.1. The van der Waals surface area contributed by atoms with Crippen LogP contribution in [0.25, 0.3) is 11.1 Å². The summed E-state index contributed by atoms with van der Waals surface area (Å²) < 4.78 is 5.45. The molecule has 3 rings (SSSR count). The van der Waals surface area contributed by atoms with E-state index in [0.29, 0.717) is 23.4 Å². The average molecular weight is 421 g/mol. The van der Waals surface area contributed by atoms with Crippen molar-refractivity contribution in [1.82, 2.24) is 4.98 Å². The fourth-order valence-corrected chi connectivity index (χ4v) is 3.48. The van der Waals surface area contributed by atoms with Gasteiger partial charge in [-0.05, 0) is 56.2 Å². The number of methoxy groups -OCH3 is 1. The van der Waals surface area contributed by atoms with E-state index in [1.165, 1.54) is 18.2 Å². The Bertz CT molecular complexity index is 1080. The molecule has 0 unspecified atom stereocenters. The van der Waals surface area contributed by atoms with Crippen molar-refractivity contribution in [3.63, 3.8) is 0 Å². The summed E-state index contributed by atoms with van der Waals surface area (Å²) in [4.78, 5) is 16.3. The summed E-state index contributed by atoms with van der Waals surface area (Å²) in [6.07, 6.45) is 1.74. The second kappa shape index (κ2) is 9.18. The molecule has 0 fully saturated rings. The smallest absolute Gasteiger partial charge is 0.313 e. The first kappa shape index (κ1) is 22.3. The summed E-state index contributed by atoms with van der Waals surface area (Å²) in [7, 11) is 1.48. The van der Waals surface area contributed by atoms with E-state index in [1.54, 1.807) is 32.2 Å². The minimum atomic E-state index is -1.19. The van der Waals surface area contributed by atoms with Crippen LogP contribution in [0.3, 0.4) is 0 Å². The van der Waals surface area contributed by atoms with E-state index < -0.39 is 11.4 Å². The molecule has 31 heavy (non-hydrogen) atoms. The van der Waals surface area contributed by atoms with Gasteiger partial charge in [-0.3, -0.25) is 4.79 Å². The Morgan fingerprint density at radius 1 is 1.13 bits per heavy atom. The molecule has 3 aromatic rings. The van der Waals surface area contributed by atoms with Crippen LogP contribution in [0.15, 0.2) is 54.7 Å². The molecular formula is C25H28N2O4. The summed E-state index contributed by atoms with van der Waals surface area (Å²) in [5.41, 5.74) is 3.83. The molecule has 1 heterocycles. The monoisotopic (exact) mass is 420 g/mol. The second-order valence-electron chi connectivity index (χ2n) is 8.08. The number of hydrogen-bond donors (Lipinski definition) is 3. The average Bonchev–Trinajstić information content (AvgIpc) is 2.77. The van der Waals surface area contributed by atoms with Crippen LogP contribution in [0.5, 0.6) is 5.75 Å². The topological polar surface area (TPSA) is 91.7 Å². The van der Waals surface area contributed by atoms with E-state index >= 15 is 0 Å². The van der Waals surface area contributed by atoms with Gasteiger partial charge in [0.1, 0.15) is 11.6 Å². The molecular weight excluding hydrogens is 392 g/mol. The van der Waals surface area contributed by atoms with E-state index in [0.717, 1.165) is 16.9 Å². The van der Waals surface area contributed by atoms with Crippen molar-refractivity contribution in [2.24, 2.45) is 0 Å². The molecule has 3 N–H and O–H groups in total. The number of carboxylic acids is 1. The largest absolute Gasteiger partial charge is 0.496 e. The van der Waals surface area contributed by atoms with Crippen molar-refractivity contribution >= 4 is 11.8 Å². The molecule has 6 heteroatoms. The molecule has 162 valence electrons. The Kier molecular flexibility index (Phi) is 6.61. The number of aromatic nitrogens is 1. The van der Waals surface area contributed by atoms with Gasteiger partial charge in [0.15, 0.2) is 0 Å². The van der Waals surface area contributed by atoms with Crippen molar-refractivity contribution in [3.05, 3.63) is 77.0 Å². The van der Waals surface area contributed by atoms with Crippen LogP contribution in [0.1, 0.15) is 36.1 Å². The van der Waals surface area contributed by atoms with Crippen LogP contribution in [-0.2, 0) is 23.4 Å². The molecule has 0 amide bonds. The molecule has 0 aliphatic carbocycles. The highest BCUT2D eigenvalue weighted by atomic mass is 16.5. The summed E-state index contributed by atoms with van der Waals surface area (Å²) in [6, 6.07) is 15.7. The minimum absolute atomic E-state index is 0.261. The third kappa shape index (κ3) is 4.86. The van der Waals surface area contributed by atoms with Gasteiger partial charge in [0.25, 0.3) is 0 Å². The number of pyridine rings is 1. The number of rotatable bonds is 8. The molecule has 1 aromatic heterocycles. The number of aliphatic hydroxyl groups is 1. The van der Waals surface area contributed by atoms with Crippen LogP contribution >= 0.6 is 0 Å². The molecule has 0 bridgehead atoms. The lowest BCUT2D eigenvalue weighted by atomic mass is 9.81. The Hall–Kier alpha value is -3.38. The summed E-state index contributed by atoms with van der Waals surface area (Å²) in [5.74, 6) is 0.163. The van der Waals surface area contributed by atoms with Crippen molar-refractivity contribution in [2.45, 2.75) is 39.3 Å². The van der Waals surface area contributed by atoms with Gasteiger partial charge in [-0.15, -0.1) is 0 Å². The van der Waals surface area contributed by atoms with Crippen molar-refractivity contribution in [3.8, 4) is 16.9 Å². The number of ether oxygens (including phenoxy) is 1. The fraction of sp³-hybridized carbons (Fsp3) is 0.280. The summed E-state index contributed by atoms with van der Waals surface area (Å²) in [6.45, 7) is 5.71. The maximum absolute atomic E-state index is 11.9. The highest BCUT2D eigenvalue weighted by Crippen LogP contribution is 2.38. The number of nitrogens with zero attached hydrogens (tertiary/aromatic N) is 1. The lowest BCUT2D eigenvalue weighted by Crippen LogP contribution is -2.29. The second-order valence-corrected chi connectivity index (χ2v) is 8.08. The van der Waals surface area contributed by atoms with E-state index in [9.17, 15) is 15.0 Å². The zero-order valence-electron chi connectivity index (χ0n) is 18.3. The third-order valence-corrected chi connectivity index (χ3v) is 5.40. The first-order valence-corrected chi connectivity index (χ1v) is 10.1. The lowest BCUT2D eigenvalue weighted by Gasteiger charge is -2.25. The van der Waals surface area contributed by atoms with Crippen molar-refractivity contribution < 1.29 is 19.7 Å². The Morgan fingerprint density at radius 2 is 1.90 bits per heavy atom.